The van der Waals surface area contributed by atoms with Crippen LogP contribution in [0.2, 0.25) is 0 Å². The van der Waals surface area contributed by atoms with E-state index in [-0.39, 0.29) is 17.4 Å². The third kappa shape index (κ3) is 5.49. The fraction of sp³-hybridized carbons (Fsp3) is 0.385. The Morgan fingerprint density at radius 1 is 1.00 bits per heavy atom. The van der Waals surface area contributed by atoms with Crippen molar-refractivity contribution in [3.05, 3.63) is 64.4 Å². The number of unbranched alkanes of at least 4 members (excludes halogenated alkanes) is 4. The van der Waals surface area contributed by atoms with E-state index < -0.39 is 5.56 Å². The summed E-state index contributed by atoms with van der Waals surface area (Å²) in [6.45, 7) is 5.11. The summed E-state index contributed by atoms with van der Waals surface area (Å²) in [5.74, 6) is -0.362. The summed E-state index contributed by atoms with van der Waals surface area (Å²) in [7, 11) is 0. The second-order valence-corrected chi connectivity index (χ2v) is 7.95. The lowest BCUT2D eigenvalue weighted by Crippen LogP contribution is -2.21. The van der Waals surface area contributed by atoms with Gasteiger partial charge in [-0.05, 0) is 43.2 Å². The van der Waals surface area contributed by atoms with Crippen LogP contribution in [0.25, 0.3) is 10.9 Å². The minimum absolute atomic E-state index is 0.218. The van der Waals surface area contributed by atoms with Gasteiger partial charge in [0.05, 0.1) is 12.1 Å². The van der Waals surface area contributed by atoms with Crippen molar-refractivity contribution in [2.75, 3.05) is 11.9 Å². The van der Waals surface area contributed by atoms with Crippen molar-refractivity contribution in [1.29, 1.82) is 0 Å². The van der Waals surface area contributed by atoms with Crippen LogP contribution < -0.4 is 15.6 Å². The number of ether oxygens (including phenoxy) is 1. The molecule has 1 aromatic heterocycles. The summed E-state index contributed by atoms with van der Waals surface area (Å²) in [6.07, 6.45) is 5.86. The second-order valence-electron chi connectivity index (χ2n) is 7.95. The van der Waals surface area contributed by atoms with E-state index in [2.05, 4.69) is 12.2 Å². The molecule has 0 unspecified atom stereocenters. The monoisotopic (exact) mass is 436 g/mol. The van der Waals surface area contributed by atoms with Gasteiger partial charge in [-0.3, -0.25) is 9.59 Å². The Labute approximate surface area is 188 Å². The predicted molar refractivity (Wildman–Crippen MR) is 129 cm³/mol. The van der Waals surface area contributed by atoms with Crippen molar-refractivity contribution < 1.29 is 14.6 Å². The quantitative estimate of drug-likeness (QED) is 0.377. The normalized spacial score (nSPS) is 10.9. The minimum atomic E-state index is -0.471. The molecule has 0 aliphatic rings. The molecule has 0 atom stereocenters. The lowest BCUT2D eigenvalue weighted by molar-refractivity contribution is 0.102. The number of aromatic hydroxyl groups is 1. The Balaban J connectivity index is 1.97. The second kappa shape index (κ2) is 11.4. The third-order valence-electron chi connectivity index (χ3n) is 5.47. The smallest absolute Gasteiger partial charge is 0.297 e. The lowest BCUT2D eigenvalue weighted by Gasteiger charge is -2.17. The van der Waals surface area contributed by atoms with Crippen molar-refractivity contribution >= 4 is 22.5 Å². The van der Waals surface area contributed by atoms with Gasteiger partial charge in [0.1, 0.15) is 0 Å². The van der Waals surface area contributed by atoms with Crippen molar-refractivity contribution in [2.24, 2.45) is 0 Å². The van der Waals surface area contributed by atoms with Gasteiger partial charge in [0.2, 0.25) is 5.75 Å². The Bertz CT molecular complexity index is 1110. The molecule has 0 saturated carbocycles. The van der Waals surface area contributed by atoms with E-state index in [9.17, 15) is 14.7 Å². The third-order valence-corrected chi connectivity index (χ3v) is 5.47. The van der Waals surface area contributed by atoms with Crippen LogP contribution in [-0.2, 0) is 6.54 Å². The fourth-order valence-electron chi connectivity index (χ4n) is 3.67. The number of pyridine rings is 1. The molecule has 170 valence electrons. The van der Waals surface area contributed by atoms with Crippen molar-refractivity contribution in [1.82, 2.24) is 4.57 Å². The maximum Gasteiger partial charge on any atom is 0.297 e. The first-order valence-corrected chi connectivity index (χ1v) is 11.5. The lowest BCUT2D eigenvalue weighted by atomic mass is 10.1. The standard InChI is InChI=1S/C26H32N2O4/c1-3-5-7-11-17-32-24-21-15-14-20(27-25(30)19-12-9-8-10-13-19)18-22(21)28(16-6-4-2)26(31)23(24)29/h8-10,12-15,18,29H,3-7,11,16-17H2,1-2H3,(H,27,30). The van der Waals surface area contributed by atoms with Gasteiger partial charge in [0.25, 0.3) is 11.5 Å². The van der Waals surface area contributed by atoms with Gasteiger partial charge in [-0.15, -0.1) is 0 Å². The van der Waals surface area contributed by atoms with E-state index in [4.69, 9.17) is 4.74 Å². The SMILES string of the molecule is CCCCCCOc1c(O)c(=O)n(CCCC)c2cc(NC(=O)c3ccccc3)ccc12. The molecular formula is C26H32N2O4. The number of aryl methyl sites for hydroxylation is 1. The number of carbonyl (C=O) groups is 1. The van der Waals surface area contributed by atoms with Gasteiger partial charge in [-0.2, -0.15) is 0 Å². The molecule has 2 N–H and O–H groups in total. The van der Waals surface area contributed by atoms with Crippen molar-refractivity contribution in [2.45, 2.75) is 58.9 Å². The number of anilines is 1. The maximum atomic E-state index is 12.9. The molecule has 0 bridgehead atoms. The van der Waals surface area contributed by atoms with Crippen LogP contribution in [0.5, 0.6) is 11.5 Å². The number of aromatic nitrogens is 1. The molecular weight excluding hydrogens is 404 g/mol. The highest BCUT2D eigenvalue weighted by Gasteiger charge is 2.18. The number of rotatable bonds is 11. The number of amides is 1. The summed E-state index contributed by atoms with van der Waals surface area (Å²) < 4.78 is 7.44. The predicted octanol–water partition coefficient (Wildman–Crippen LogP) is 5.72. The number of carbonyl (C=O) groups excluding carboxylic acids is 1. The van der Waals surface area contributed by atoms with Gasteiger partial charge in [0.15, 0.2) is 5.75 Å². The molecule has 2 aromatic carbocycles. The molecule has 32 heavy (non-hydrogen) atoms. The molecule has 0 saturated heterocycles. The number of benzene rings is 2. The zero-order valence-corrected chi connectivity index (χ0v) is 18.9. The Hall–Kier alpha value is -3.28. The average molecular weight is 437 g/mol. The van der Waals surface area contributed by atoms with E-state index in [0.717, 1.165) is 38.5 Å². The number of hydrogen-bond donors (Lipinski definition) is 2. The Kier molecular flexibility index (Phi) is 8.31. The number of hydrogen-bond acceptors (Lipinski definition) is 4. The van der Waals surface area contributed by atoms with E-state index in [0.29, 0.717) is 35.3 Å². The van der Waals surface area contributed by atoms with E-state index in [1.54, 1.807) is 34.9 Å². The maximum absolute atomic E-state index is 12.9. The van der Waals surface area contributed by atoms with Gasteiger partial charge in [0, 0.05) is 23.2 Å². The van der Waals surface area contributed by atoms with Gasteiger partial charge >= 0.3 is 0 Å². The molecule has 3 aromatic rings. The molecule has 6 heteroatoms. The van der Waals surface area contributed by atoms with Crippen LogP contribution in [0.4, 0.5) is 5.69 Å². The van der Waals surface area contributed by atoms with Crippen molar-refractivity contribution in [3.63, 3.8) is 0 Å². The van der Waals surface area contributed by atoms with Crippen LogP contribution in [0.15, 0.2) is 53.3 Å². The Morgan fingerprint density at radius 3 is 2.47 bits per heavy atom. The molecule has 1 heterocycles. The summed E-state index contributed by atoms with van der Waals surface area (Å²) in [5.41, 5.74) is 1.30. The van der Waals surface area contributed by atoms with Crippen LogP contribution in [0.1, 0.15) is 62.7 Å². The molecule has 1 amide bonds. The molecule has 0 spiro atoms. The van der Waals surface area contributed by atoms with E-state index >= 15 is 0 Å². The summed E-state index contributed by atoms with van der Waals surface area (Å²) >= 11 is 0. The molecule has 6 nitrogen and oxygen atoms in total. The highest BCUT2D eigenvalue weighted by Crippen LogP contribution is 2.34. The van der Waals surface area contributed by atoms with Crippen LogP contribution in [0, 0.1) is 0 Å². The van der Waals surface area contributed by atoms with Gasteiger partial charge in [-0.1, -0.05) is 57.7 Å². The van der Waals surface area contributed by atoms with Crippen molar-refractivity contribution in [3.8, 4) is 11.5 Å². The van der Waals surface area contributed by atoms with Gasteiger partial charge in [-0.25, -0.2) is 0 Å². The molecule has 3 rings (SSSR count). The summed E-state index contributed by atoms with van der Waals surface area (Å²) in [6, 6.07) is 14.3. The average Bonchev–Trinajstić information content (AvgIpc) is 2.81. The van der Waals surface area contributed by atoms with E-state index in [1.165, 1.54) is 0 Å². The first-order chi connectivity index (χ1) is 15.6. The topological polar surface area (TPSA) is 80.6 Å². The number of fused-ring (bicyclic) bond motifs is 1. The highest BCUT2D eigenvalue weighted by atomic mass is 16.5. The Morgan fingerprint density at radius 2 is 1.75 bits per heavy atom. The molecule has 0 fully saturated rings. The largest absolute Gasteiger partial charge is 0.500 e. The zero-order chi connectivity index (χ0) is 22.9. The van der Waals surface area contributed by atoms with Crippen LogP contribution >= 0.6 is 0 Å². The summed E-state index contributed by atoms with van der Waals surface area (Å²) in [5, 5.41) is 14.2. The van der Waals surface area contributed by atoms with Crippen LogP contribution in [-0.4, -0.2) is 22.2 Å². The number of nitrogens with zero attached hydrogens (tertiary/aromatic N) is 1. The fourth-order valence-corrected chi connectivity index (χ4v) is 3.67. The first kappa shape index (κ1) is 23.4. The van der Waals surface area contributed by atoms with E-state index in [1.807, 2.05) is 25.1 Å². The molecule has 0 aliphatic heterocycles. The first-order valence-electron chi connectivity index (χ1n) is 11.5. The van der Waals surface area contributed by atoms with Crippen LogP contribution in [0.3, 0.4) is 0 Å². The van der Waals surface area contributed by atoms with Gasteiger partial charge < -0.3 is 19.7 Å². The molecule has 0 radical (unpaired) electrons. The highest BCUT2D eigenvalue weighted by molar-refractivity contribution is 6.05. The minimum Gasteiger partial charge on any atom is -0.500 e. The summed E-state index contributed by atoms with van der Waals surface area (Å²) in [4.78, 5) is 25.5. The molecule has 0 aliphatic carbocycles. The zero-order valence-electron chi connectivity index (χ0n) is 18.9. The number of nitrogens with one attached hydrogen (secondary N) is 1.